The lowest BCUT2D eigenvalue weighted by Gasteiger charge is -2.09. The highest BCUT2D eigenvalue weighted by atomic mass is 32.1. The summed E-state index contributed by atoms with van der Waals surface area (Å²) in [5, 5.41) is 15.5. The molecule has 2 aromatic heterocycles. The fourth-order valence-corrected chi connectivity index (χ4v) is 2.90. The lowest BCUT2D eigenvalue weighted by atomic mass is 10.2. The van der Waals surface area contributed by atoms with Crippen molar-refractivity contribution in [1.82, 2.24) is 24.9 Å². The second-order valence-electron chi connectivity index (χ2n) is 6.13. The van der Waals surface area contributed by atoms with E-state index in [0.717, 1.165) is 28.2 Å². The Kier molecular flexibility index (Phi) is 5.32. The monoisotopic (exact) mass is 372 g/mol. The summed E-state index contributed by atoms with van der Waals surface area (Å²) in [5.74, 6) is -0.243. The SMILES string of the molecule is Cc1nn(C)c(C)c1CNC(=S)Nc1cnn(Cc2ccc(F)cc2)c1. The average molecular weight is 372 g/mol. The van der Waals surface area contributed by atoms with Gasteiger partial charge in [-0.05, 0) is 43.8 Å². The number of aryl methyl sites for hydroxylation is 2. The van der Waals surface area contributed by atoms with Crippen molar-refractivity contribution < 1.29 is 4.39 Å². The maximum atomic E-state index is 13.0. The molecule has 0 aliphatic rings. The summed E-state index contributed by atoms with van der Waals surface area (Å²) in [7, 11) is 1.93. The van der Waals surface area contributed by atoms with Crippen LogP contribution in [0.5, 0.6) is 0 Å². The molecule has 1 aromatic carbocycles. The highest BCUT2D eigenvalue weighted by Gasteiger charge is 2.10. The van der Waals surface area contributed by atoms with Gasteiger partial charge >= 0.3 is 0 Å². The van der Waals surface area contributed by atoms with Crippen LogP contribution >= 0.6 is 12.2 Å². The largest absolute Gasteiger partial charge is 0.358 e. The normalized spacial score (nSPS) is 10.8. The number of halogens is 1. The molecule has 0 radical (unpaired) electrons. The van der Waals surface area contributed by atoms with Crippen LogP contribution in [-0.4, -0.2) is 24.7 Å². The predicted molar refractivity (Wildman–Crippen MR) is 103 cm³/mol. The summed E-state index contributed by atoms with van der Waals surface area (Å²) < 4.78 is 16.6. The average Bonchev–Trinajstić information content (AvgIpc) is 3.12. The molecular weight excluding hydrogens is 351 g/mol. The molecule has 3 aromatic rings. The molecule has 0 unspecified atom stereocenters. The molecule has 2 N–H and O–H groups in total. The van der Waals surface area contributed by atoms with E-state index in [1.807, 2.05) is 31.8 Å². The minimum Gasteiger partial charge on any atom is -0.358 e. The van der Waals surface area contributed by atoms with E-state index in [1.165, 1.54) is 12.1 Å². The maximum Gasteiger partial charge on any atom is 0.171 e. The van der Waals surface area contributed by atoms with Crippen LogP contribution in [0.15, 0.2) is 36.7 Å². The zero-order valence-electron chi connectivity index (χ0n) is 15.0. The second kappa shape index (κ2) is 7.65. The Morgan fingerprint density at radius 2 is 1.96 bits per heavy atom. The summed E-state index contributed by atoms with van der Waals surface area (Å²) in [6.07, 6.45) is 3.57. The van der Waals surface area contributed by atoms with Crippen LogP contribution in [0, 0.1) is 19.7 Å². The molecule has 0 aliphatic carbocycles. The van der Waals surface area contributed by atoms with Crippen LogP contribution in [-0.2, 0) is 20.1 Å². The fraction of sp³-hybridized carbons (Fsp3) is 0.278. The van der Waals surface area contributed by atoms with Gasteiger partial charge in [0.1, 0.15) is 5.82 Å². The number of benzene rings is 1. The molecule has 0 spiro atoms. The molecule has 136 valence electrons. The summed E-state index contributed by atoms with van der Waals surface area (Å²) in [4.78, 5) is 0. The molecule has 0 saturated heterocycles. The van der Waals surface area contributed by atoms with Gasteiger partial charge in [0.15, 0.2) is 5.11 Å². The number of aromatic nitrogens is 4. The smallest absolute Gasteiger partial charge is 0.171 e. The minimum atomic E-state index is -0.243. The third-order valence-corrected chi connectivity index (χ3v) is 4.48. The van der Waals surface area contributed by atoms with Crippen LogP contribution in [0.25, 0.3) is 0 Å². The van der Waals surface area contributed by atoms with Crippen LogP contribution in [0.4, 0.5) is 10.1 Å². The van der Waals surface area contributed by atoms with Crippen molar-refractivity contribution in [2.45, 2.75) is 26.9 Å². The standard InChI is InChI=1S/C18H21FN6S/c1-12-17(13(2)24(3)23-12)9-20-18(26)22-16-8-21-25(11-16)10-14-4-6-15(19)7-5-14/h4-8,11H,9-10H2,1-3H3,(H2,20,22,26). The molecule has 0 bridgehead atoms. The highest BCUT2D eigenvalue weighted by molar-refractivity contribution is 7.80. The van der Waals surface area contributed by atoms with Gasteiger partial charge in [-0.1, -0.05) is 12.1 Å². The molecule has 0 amide bonds. The van der Waals surface area contributed by atoms with Gasteiger partial charge in [0.2, 0.25) is 0 Å². The van der Waals surface area contributed by atoms with Crippen molar-refractivity contribution in [2.24, 2.45) is 7.05 Å². The zero-order valence-corrected chi connectivity index (χ0v) is 15.8. The first-order valence-corrected chi connectivity index (χ1v) is 8.64. The molecule has 0 atom stereocenters. The number of nitrogens with one attached hydrogen (secondary N) is 2. The predicted octanol–water partition coefficient (Wildman–Crippen LogP) is 2.91. The number of hydrogen-bond acceptors (Lipinski definition) is 3. The number of thiocarbonyl (C=S) groups is 1. The van der Waals surface area contributed by atoms with Crippen molar-refractivity contribution in [3.05, 3.63) is 65.0 Å². The van der Waals surface area contributed by atoms with E-state index < -0.39 is 0 Å². The quantitative estimate of drug-likeness (QED) is 0.675. The first-order chi connectivity index (χ1) is 12.4. The molecule has 2 heterocycles. The van der Waals surface area contributed by atoms with Crippen molar-refractivity contribution >= 4 is 23.0 Å². The van der Waals surface area contributed by atoms with Crippen molar-refractivity contribution in [2.75, 3.05) is 5.32 Å². The number of rotatable bonds is 5. The first-order valence-electron chi connectivity index (χ1n) is 8.23. The van der Waals surface area contributed by atoms with Gasteiger partial charge in [-0.3, -0.25) is 9.36 Å². The molecule has 26 heavy (non-hydrogen) atoms. The fourth-order valence-electron chi connectivity index (χ4n) is 2.71. The van der Waals surface area contributed by atoms with E-state index in [9.17, 15) is 4.39 Å². The Balaban J connectivity index is 1.55. The summed E-state index contributed by atoms with van der Waals surface area (Å²) in [5.41, 5.74) is 5.02. The molecule has 0 saturated carbocycles. The Hall–Kier alpha value is -2.74. The summed E-state index contributed by atoms with van der Waals surface area (Å²) in [6, 6.07) is 6.38. The van der Waals surface area contributed by atoms with Gasteiger partial charge in [0.05, 0.1) is 24.1 Å². The number of nitrogens with zero attached hydrogens (tertiary/aromatic N) is 4. The van der Waals surface area contributed by atoms with Crippen LogP contribution in [0.3, 0.4) is 0 Å². The second-order valence-corrected chi connectivity index (χ2v) is 6.54. The van der Waals surface area contributed by atoms with E-state index in [4.69, 9.17) is 12.2 Å². The molecule has 8 heteroatoms. The Morgan fingerprint density at radius 1 is 1.23 bits per heavy atom. The molecule has 0 aliphatic heterocycles. The van der Waals surface area contributed by atoms with Crippen molar-refractivity contribution in [3.63, 3.8) is 0 Å². The van der Waals surface area contributed by atoms with E-state index in [0.29, 0.717) is 18.2 Å². The van der Waals surface area contributed by atoms with Gasteiger partial charge in [0.25, 0.3) is 0 Å². The molecular formula is C18H21FN6S. The van der Waals surface area contributed by atoms with E-state index in [1.54, 1.807) is 23.0 Å². The van der Waals surface area contributed by atoms with Crippen LogP contribution < -0.4 is 10.6 Å². The lowest BCUT2D eigenvalue weighted by molar-refractivity contribution is 0.624. The molecule has 3 rings (SSSR count). The lowest BCUT2D eigenvalue weighted by Crippen LogP contribution is -2.28. The van der Waals surface area contributed by atoms with Crippen LogP contribution in [0.1, 0.15) is 22.5 Å². The topological polar surface area (TPSA) is 59.7 Å². The van der Waals surface area contributed by atoms with Gasteiger partial charge in [0, 0.05) is 31.0 Å². The van der Waals surface area contributed by atoms with Gasteiger partial charge in [-0.25, -0.2) is 4.39 Å². The zero-order chi connectivity index (χ0) is 18.7. The summed E-state index contributed by atoms with van der Waals surface area (Å²) >= 11 is 5.35. The Morgan fingerprint density at radius 3 is 2.62 bits per heavy atom. The minimum absolute atomic E-state index is 0.243. The maximum absolute atomic E-state index is 13.0. The molecule has 0 fully saturated rings. The van der Waals surface area contributed by atoms with Crippen molar-refractivity contribution in [3.8, 4) is 0 Å². The highest BCUT2D eigenvalue weighted by Crippen LogP contribution is 2.12. The Labute approximate surface area is 157 Å². The third kappa shape index (κ3) is 4.26. The number of anilines is 1. The van der Waals surface area contributed by atoms with E-state index in [-0.39, 0.29) is 5.82 Å². The van der Waals surface area contributed by atoms with Gasteiger partial charge in [-0.15, -0.1) is 0 Å². The van der Waals surface area contributed by atoms with Crippen molar-refractivity contribution in [1.29, 1.82) is 0 Å². The summed E-state index contributed by atoms with van der Waals surface area (Å²) in [6.45, 7) is 5.20. The third-order valence-electron chi connectivity index (χ3n) is 4.23. The van der Waals surface area contributed by atoms with E-state index in [2.05, 4.69) is 20.8 Å². The van der Waals surface area contributed by atoms with E-state index >= 15 is 0 Å². The Bertz CT molecular complexity index is 912. The number of hydrogen-bond donors (Lipinski definition) is 2. The van der Waals surface area contributed by atoms with Gasteiger partial charge < -0.3 is 10.6 Å². The first kappa shape index (κ1) is 18.1. The molecule has 6 nitrogen and oxygen atoms in total. The van der Waals surface area contributed by atoms with Crippen LogP contribution in [0.2, 0.25) is 0 Å². The van der Waals surface area contributed by atoms with Gasteiger partial charge in [-0.2, -0.15) is 10.2 Å².